The van der Waals surface area contributed by atoms with Crippen LogP contribution in [0.2, 0.25) is 0 Å². The van der Waals surface area contributed by atoms with Crippen molar-refractivity contribution in [3.63, 3.8) is 0 Å². The van der Waals surface area contributed by atoms with E-state index in [1.54, 1.807) is 6.26 Å². The lowest BCUT2D eigenvalue weighted by atomic mass is 10.1. The number of rotatable bonds is 14. The van der Waals surface area contributed by atoms with Crippen LogP contribution in [0.4, 0.5) is 0 Å². The average Bonchev–Trinajstić information content (AvgIpc) is 2.62. The minimum atomic E-state index is -1.63. The van der Waals surface area contributed by atoms with Crippen LogP contribution >= 0.6 is 11.8 Å². The maximum Gasteiger partial charge on any atom is 0.326 e. The van der Waals surface area contributed by atoms with E-state index in [9.17, 15) is 28.8 Å². The van der Waals surface area contributed by atoms with E-state index in [4.69, 9.17) is 21.1 Å². The Hall–Kier alpha value is -2.87. The largest absolute Gasteiger partial charge is 0.481 e. The molecule has 3 amide bonds. The summed E-state index contributed by atoms with van der Waals surface area (Å²) in [6.45, 7) is 1.25. The monoisotopic (exact) mass is 450 g/mol. The van der Waals surface area contributed by atoms with E-state index in [-0.39, 0.29) is 6.42 Å². The second kappa shape index (κ2) is 13.4. The molecule has 0 saturated heterocycles. The minimum Gasteiger partial charge on any atom is -0.481 e. The van der Waals surface area contributed by atoms with Crippen molar-refractivity contribution in [2.45, 2.75) is 50.4 Å². The molecular weight excluding hydrogens is 424 g/mol. The summed E-state index contributed by atoms with van der Waals surface area (Å²) < 4.78 is 0. The molecule has 4 unspecified atom stereocenters. The van der Waals surface area contributed by atoms with Crippen LogP contribution in [0.25, 0.3) is 0 Å². The molecule has 0 aliphatic rings. The number of aliphatic carboxylic acids is 3. The summed E-state index contributed by atoms with van der Waals surface area (Å²) in [4.78, 5) is 69.2. The number of carbonyl (C=O) groups excluding carboxylic acids is 3. The normalized spacial score (nSPS) is 14.5. The predicted molar refractivity (Wildman–Crippen MR) is 105 cm³/mol. The second-order valence-corrected chi connectivity index (χ2v) is 7.26. The van der Waals surface area contributed by atoms with Crippen molar-refractivity contribution in [2.75, 3.05) is 12.0 Å². The summed E-state index contributed by atoms with van der Waals surface area (Å²) in [6.07, 6.45) is 0.334. The second-order valence-electron chi connectivity index (χ2n) is 6.27. The van der Waals surface area contributed by atoms with Gasteiger partial charge in [0.2, 0.25) is 17.7 Å². The predicted octanol–water partition coefficient (Wildman–Crippen LogP) is -2.42. The van der Waals surface area contributed by atoms with Gasteiger partial charge in [-0.2, -0.15) is 11.8 Å². The topological polar surface area (TPSA) is 225 Å². The quantitative estimate of drug-likeness (QED) is 0.147. The number of hydrogen-bond acceptors (Lipinski definition) is 8. The van der Waals surface area contributed by atoms with E-state index in [1.165, 1.54) is 18.7 Å². The molecular formula is C16H26N4O9S. The molecule has 30 heavy (non-hydrogen) atoms. The highest BCUT2D eigenvalue weighted by molar-refractivity contribution is 7.98. The third kappa shape index (κ3) is 10.6. The molecule has 0 heterocycles. The Morgan fingerprint density at radius 2 is 1.37 bits per heavy atom. The van der Waals surface area contributed by atoms with E-state index in [1.807, 2.05) is 5.32 Å². The molecule has 0 aliphatic carbocycles. The molecule has 170 valence electrons. The first-order chi connectivity index (χ1) is 13.9. The standard InChI is InChI=1S/C16H26N4O9S/c1-7(13(25)19-9(16(28)29)3-4-30-2)18-15(27)10(6-12(23)24)20-14(26)8(17)5-11(21)22/h7-10H,3-6,17H2,1-2H3,(H,18,27)(H,19,25)(H,20,26)(H,21,22)(H,23,24)(H,28,29). The summed E-state index contributed by atoms with van der Waals surface area (Å²) in [5.74, 6) is -6.49. The zero-order valence-corrected chi connectivity index (χ0v) is 17.2. The Morgan fingerprint density at radius 1 is 0.833 bits per heavy atom. The molecule has 0 spiro atoms. The fraction of sp³-hybridized carbons (Fsp3) is 0.625. The average molecular weight is 450 g/mol. The highest BCUT2D eigenvalue weighted by Gasteiger charge is 2.30. The van der Waals surface area contributed by atoms with Crippen LogP contribution in [-0.2, 0) is 28.8 Å². The highest BCUT2D eigenvalue weighted by atomic mass is 32.2. The van der Waals surface area contributed by atoms with Gasteiger partial charge in [-0.15, -0.1) is 0 Å². The maximum absolute atomic E-state index is 12.3. The first-order valence-electron chi connectivity index (χ1n) is 8.71. The van der Waals surface area contributed by atoms with E-state index in [0.717, 1.165) is 0 Å². The van der Waals surface area contributed by atoms with Crippen molar-refractivity contribution in [1.29, 1.82) is 0 Å². The smallest absolute Gasteiger partial charge is 0.326 e. The zero-order valence-electron chi connectivity index (χ0n) is 16.4. The van der Waals surface area contributed by atoms with E-state index >= 15 is 0 Å². The van der Waals surface area contributed by atoms with Crippen molar-refractivity contribution in [3.05, 3.63) is 0 Å². The minimum absolute atomic E-state index is 0.155. The van der Waals surface area contributed by atoms with Crippen molar-refractivity contribution in [2.24, 2.45) is 5.73 Å². The number of carboxylic acid groups (broad SMARTS) is 3. The Kier molecular flexibility index (Phi) is 12.1. The molecule has 0 aliphatic heterocycles. The zero-order chi connectivity index (χ0) is 23.4. The summed E-state index contributed by atoms with van der Waals surface area (Å²) in [5, 5.41) is 33.2. The number of hydrogen-bond donors (Lipinski definition) is 7. The van der Waals surface area contributed by atoms with Crippen molar-refractivity contribution < 1.29 is 44.1 Å². The number of amides is 3. The number of nitrogens with two attached hydrogens (primary N) is 1. The molecule has 13 nitrogen and oxygen atoms in total. The Balaban J connectivity index is 5.05. The van der Waals surface area contributed by atoms with Gasteiger partial charge in [-0.3, -0.25) is 24.0 Å². The van der Waals surface area contributed by atoms with Crippen molar-refractivity contribution in [1.82, 2.24) is 16.0 Å². The number of carbonyl (C=O) groups is 6. The molecule has 4 atom stereocenters. The van der Waals surface area contributed by atoms with Gasteiger partial charge in [-0.05, 0) is 25.4 Å². The van der Waals surface area contributed by atoms with Crippen molar-refractivity contribution >= 4 is 47.4 Å². The van der Waals surface area contributed by atoms with Crippen molar-refractivity contribution in [3.8, 4) is 0 Å². The third-order valence-corrected chi connectivity index (χ3v) is 4.36. The molecule has 0 bridgehead atoms. The van der Waals surface area contributed by atoms with Crippen LogP contribution in [0.5, 0.6) is 0 Å². The Morgan fingerprint density at radius 3 is 1.83 bits per heavy atom. The molecule has 0 saturated carbocycles. The lowest BCUT2D eigenvalue weighted by molar-refractivity contribution is -0.143. The van der Waals surface area contributed by atoms with Crippen LogP contribution < -0.4 is 21.7 Å². The number of nitrogens with one attached hydrogen (secondary N) is 3. The molecule has 0 aromatic rings. The van der Waals surface area contributed by atoms with Crippen LogP contribution in [0.15, 0.2) is 0 Å². The van der Waals surface area contributed by atoms with Gasteiger partial charge in [-0.25, -0.2) is 4.79 Å². The van der Waals surface area contributed by atoms with Crippen LogP contribution in [0, 0.1) is 0 Å². The van der Waals surface area contributed by atoms with E-state index in [2.05, 4.69) is 10.6 Å². The van der Waals surface area contributed by atoms with Gasteiger partial charge in [0.25, 0.3) is 0 Å². The van der Waals surface area contributed by atoms with Gasteiger partial charge >= 0.3 is 17.9 Å². The molecule has 14 heteroatoms. The van der Waals surface area contributed by atoms with Crippen LogP contribution in [-0.4, -0.2) is 87.1 Å². The highest BCUT2D eigenvalue weighted by Crippen LogP contribution is 2.02. The lowest BCUT2D eigenvalue weighted by Gasteiger charge is -2.22. The first-order valence-corrected chi connectivity index (χ1v) is 10.1. The van der Waals surface area contributed by atoms with Gasteiger partial charge in [0.05, 0.1) is 18.9 Å². The summed E-state index contributed by atoms with van der Waals surface area (Å²) >= 11 is 1.39. The van der Waals surface area contributed by atoms with Gasteiger partial charge in [0.15, 0.2) is 0 Å². The maximum atomic E-state index is 12.3. The first kappa shape index (κ1) is 27.1. The third-order valence-electron chi connectivity index (χ3n) is 3.72. The molecule has 0 rings (SSSR count). The lowest BCUT2D eigenvalue weighted by Crippen LogP contribution is -2.56. The number of thioether (sulfide) groups is 1. The Bertz CT molecular complexity index is 673. The SMILES string of the molecule is CSCCC(NC(=O)C(C)NC(=O)C(CC(=O)O)NC(=O)C(N)CC(=O)O)C(=O)O. The van der Waals surface area contributed by atoms with Gasteiger partial charge in [0.1, 0.15) is 18.1 Å². The molecule has 8 N–H and O–H groups in total. The fourth-order valence-corrected chi connectivity index (χ4v) is 2.58. The van der Waals surface area contributed by atoms with E-state index in [0.29, 0.717) is 5.75 Å². The molecule has 0 fully saturated rings. The van der Waals surface area contributed by atoms with E-state index < -0.39 is 72.6 Å². The number of carboxylic acids is 3. The summed E-state index contributed by atoms with van der Waals surface area (Å²) in [6, 6.07) is -5.56. The Labute approximate surface area is 176 Å². The van der Waals surface area contributed by atoms with Crippen LogP contribution in [0.3, 0.4) is 0 Å². The van der Waals surface area contributed by atoms with Crippen LogP contribution in [0.1, 0.15) is 26.2 Å². The van der Waals surface area contributed by atoms with Gasteiger partial charge in [-0.1, -0.05) is 0 Å². The molecule has 0 aromatic heterocycles. The fourth-order valence-electron chi connectivity index (χ4n) is 2.11. The molecule has 0 radical (unpaired) electrons. The van der Waals surface area contributed by atoms with Gasteiger partial charge < -0.3 is 37.0 Å². The summed E-state index contributed by atoms with van der Waals surface area (Å²) in [5.41, 5.74) is 5.38. The molecule has 0 aromatic carbocycles. The van der Waals surface area contributed by atoms with Gasteiger partial charge in [0, 0.05) is 0 Å². The summed E-state index contributed by atoms with van der Waals surface area (Å²) in [7, 11) is 0.